The molecule has 4 atom stereocenters. The lowest BCUT2D eigenvalue weighted by molar-refractivity contribution is -0.191. The fraction of sp³-hybridized carbons (Fsp3) is 0.875. The number of hydrogen-bond donors (Lipinski definition) is 2. The summed E-state index contributed by atoms with van der Waals surface area (Å²) in [4.78, 5) is 30.4. The van der Waals surface area contributed by atoms with E-state index in [2.05, 4.69) is 16.9 Å². The topological polar surface area (TPSA) is 97.7 Å². The molecule has 36 heavy (non-hydrogen) atoms. The summed E-state index contributed by atoms with van der Waals surface area (Å²) in [7, 11) is 0. The molecule has 0 radical (unpaired) electrons. The van der Waals surface area contributed by atoms with Crippen molar-refractivity contribution in [2.75, 3.05) is 19.8 Å². The maximum absolute atomic E-state index is 15.1. The molecule has 0 aromatic heterocycles. The SMILES string of the molecule is N#CC1CCC(N2CC(=O)N(CC3CCC(C(F)(F)F)CC3)C3(CC(C4NNCO4)C3)C2=O)C(F)C1. The van der Waals surface area contributed by atoms with Crippen LogP contribution in [0.2, 0.25) is 0 Å². The van der Waals surface area contributed by atoms with E-state index in [4.69, 9.17) is 4.74 Å². The van der Waals surface area contributed by atoms with Crippen molar-refractivity contribution in [2.45, 2.75) is 87.9 Å². The minimum Gasteiger partial charge on any atom is -0.345 e. The van der Waals surface area contributed by atoms with E-state index in [9.17, 15) is 28.0 Å². The summed E-state index contributed by atoms with van der Waals surface area (Å²) < 4.78 is 60.1. The number of rotatable bonds is 4. The van der Waals surface area contributed by atoms with Crippen LogP contribution in [-0.4, -0.2) is 71.6 Å². The summed E-state index contributed by atoms with van der Waals surface area (Å²) in [5.74, 6) is -2.40. The molecule has 0 bridgehead atoms. The van der Waals surface area contributed by atoms with Crippen LogP contribution in [0.4, 0.5) is 17.6 Å². The molecule has 3 aliphatic carbocycles. The number of hydrazine groups is 1. The van der Waals surface area contributed by atoms with Crippen LogP contribution in [-0.2, 0) is 14.3 Å². The molecule has 2 saturated heterocycles. The monoisotopic (exact) mass is 515 g/mol. The summed E-state index contributed by atoms with van der Waals surface area (Å²) in [5, 5.41) is 9.17. The number of nitrogens with zero attached hydrogens (tertiary/aromatic N) is 3. The second kappa shape index (κ2) is 9.72. The number of halogens is 4. The largest absolute Gasteiger partial charge is 0.391 e. The van der Waals surface area contributed by atoms with Crippen LogP contribution < -0.4 is 10.9 Å². The number of nitriles is 1. The molecule has 200 valence electrons. The van der Waals surface area contributed by atoms with Crippen molar-refractivity contribution in [3.05, 3.63) is 0 Å². The lowest BCUT2D eigenvalue weighted by Gasteiger charge is -2.59. The molecule has 12 heteroatoms. The van der Waals surface area contributed by atoms with Gasteiger partial charge in [-0.15, -0.1) is 0 Å². The second-order valence-corrected chi connectivity index (χ2v) is 11.2. The quantitative estimate of drug-likeness (QED) is 0.559. The molecule has 3 saturated carbocycles. The Hall–Kier alpha value is -1.97. The first-order valence-electron chi connectivity index (χ1n) is 12.9. The van der Waals surface area contributed by atoms with Crippen LogP contribution in [0.3, 0.4) is 0 Å². The number of carbonyl (C=O) groups is 2. The lowest BCUT2D eigenvalue weighted by Crippen LogP contribution is -2.76. The van der Waals surface area contributed by atoms with E-state index in [1.807, 2.05) is 0 Å². The highest BCUT2D eigenvalue weighted by atomic mass is 19.4. The highest BCUT2D eigenvalue weighted by molar-refractivity contribution is 5.99. The molecule has 5 rings (SSSR count). The van der Waals surface area contributed by atoms with Gasteiger partial charge in [0.05, 0.1) is 18.0 Å². The lowest BCUT2D eigenvalue weighted by atomic mass is 9.63. The standard InChI is InChI=1S/C24H33F4N5O3/c25-18-7-15(10-29)3-6-19(18)32-12-20(34)33(11-14-1-4-17(5-2-14)24(26,27)28)23(22(32)35)8-16(9-23)21-31-30-13-36-21/h14-19,21,30-31H,1-9,11-13H2. The molecule has 2 amide bonds. The molecule has 5 aliphatic rings. The minimum atomic E-state index is -4.21. The van der Waals surface area contributed by atoms with E-state index in [1.54, 1.807) is 4.90 Å². The molecule has 8 nitrogen and oxygen atoms in total. The molecule has 4 unspecified atom stereocenters. The Balaban J connectivity index is 1.33. The maximum atomic E-state index is 15.1. The van der Waals surface area contributed by atoms with Crippen LogP contribution in [0.25, 0.3) is 0 Å². The summed E-state index contributed by atoms with van der Waals surface area (Å²) in [6.07, 6.45) is -3.55. The van der Waals surface area contributed by atoms with Crippen molar-refractivity contribution in [3.8, 4) is 6.07 Å². The summed E-state index contributed by atoms with van der Waals surface area (Å²) >= 11 is 0. The number of alkyl halides is 4. The van der Waals surface area contributed by atoms with Crippen LogP contribution in [0.5, 0.6) is 0 Å². The molecule has 0 aromatic carbocycles. The molecule has 1 spiro atoms. The zero-order valence-corrected chi connectivity index (χ0v) is 20.1. The van der Waals surface area contributed by atoms with Gasteiger partial charge >= 0.3 is 6.18 Å². The number of ether oxygens (including phenoxy) is 1. The number of nitrogens with one attached hydrogen (secondary N) is 2. The molecular weight excluding hydrogens is 482 g/mol. The van der Waals surface area contributed by atoms with Gasteiger partial charge < -0.3 is 14.5 Å². The zero-order chi connectivity index (χ0) is 25.7. The van der Waals surface area contributed by atoms with Crippen LogP contribution in [0.1, 0.15) is 57.8 Å². The predicted octanol–water partition coefficient (Wildman–Crippen LogP) is 2.61. The smallest absolute Gasteiger partial charge is 0.345 e. The Kier molecular flexibility index (Phi) is 6.93. The first-order valence-corrected chi connectivity index (χ1v) is 12.9. The van der Waals surface area contributed by atoms with Crippen molar-refractivity contribution in [2.24, 2.45) is 23.7 Å². The van der Waals surface area contributed by atoms with Gasteiger partial charge in [0.25, 0.3) is 0 Å². The number of piperazine rings is 1. The second-order valence-electron chi connectivity index (χ2n) is 11.2. The Bertz CT molecular complexity index is 891. The number of amides is 2. The number of hydrogen-bond acceptors (Lipinski definition) is 6. The molecule has 5 fully saturated rings. The van der Waals surface area contributed by atoms with E-state index in [-0.39, 0.29) is 62.2 Å². The van der Waals surface area contributed by atoms with Gasteiger partial charge in [-0.1, -0.05) is 0 Å². The Morgan fingerprint density at radius 3 is 2.42 bits per heavy atom. The summed E-state index contributed by atoms with van der Waals surface area (Å²) in [6, 6.07) is 1.36. The van der Waals surface area contributed by atoms with Gasteiger partial charge in [-0.05, 0) is 63.7 Å². The highest BCUT2D eigenvalue weighted by Crippen LogP contribution is 2.50. The van der Waals surface area contributed by atoms with Gasteiger partial charge in [0.15, 0.2) is 0 Å². The van der Waals surface area contributed by atoms with Gasteiger partial charge in [0.2, 0.25) is 11.8 Å². The van der Waals surface area contributed by atoms with E-state index < -0.39 is 35.8 Å². The van der Waals surface area contributed by atoms with Gasteiger partial charge in [0, 0.05) is 18.4 Å². The zero-order valence-electron chi connectivity index (χ0n) is 20.1. The van der Waals surface area contributed by atoms with Crippen molar-refractivity contribution in [1.82, 2.24) is 20.7 Å². The van der Waals surface area contributed by atoms with Crippen molar-refractivity contribution in [3.63, 3.8) is 0 Å². The predicted molar refractivity (Wildman–Crippen MR) is 118 cm³/mol. The Morgan fingerprint density at radius 1 is 1.11 bits per heavy atom. The fourth-order valence-electron chi connectivity index (χ4n) is 6.95. The van der Waals surface area contributed by atoms with Crippen LogP contribution >= 0.6 is 0 Å². The third-order valence-corrected chi connectivity index (χ3v) is 9.06. The van der Waals surface area contributed by atoms with Crippen molar-refractivity contribution >= 4 is 11.8 Å². The maximum Gasteiger partial charge on any atom is 0.391 e. The van der Waals surface area contributed by atoms with Crippen molar-refractivity contribution in [1.29, 1.82) is 5.26 Å². The fourth-order valence-corrected chi connectivity index (χ4v) is 6.95. The average Bonchev–Trinajstić information content (AvgIpc) is 3.34. The van der Waals surface area contributed by atoms with Gasteiger partial charge in [-0.3, -0.25) is 9.59 Å². The summed E-state index contributed by atoms with van der Waals surface area (Å²) in [5.41, 5.74) is 4.78. The Labute approximate surface area is 207 Å². The average molecular weight is 516 g/mol. The van der Waals surface area contributed by atoms with E-state index >= 15 is 4.39 Å². The molecule has 2 N–H and O–H groups in total. The molecule has 2 aliphatic heterocycles. The van der Waals surface area contributed by atoms with E-state index in [1.165, 1.54) is 4.90 Å². The van der Waals surface area contributed by atoms with Crippen LogP contribution in [0.15, 0.2) is 0 Å². The third-order valence-electron chi connectivity index (χ3n) is 9.06. The van der Waals surface area contributed by atoms with Gasteiger partial charge in [0.1, 0.15) is 31.2 Å². The normalized spacial score (nSPS) is 41.9. The summed E-state index contributed by atoms with van der Waals surface area (Å²) in [6.45, 7) is 0.337. The third kappa shape index (κ3) is 4.58. The van der Waals surface area contributed by atoms with Gasteiger partial charge in [-0.2, -0.15) is 18.4 Å². The molecular formula is C24H33F4N5O3. The first-order chi connectivity index (χ1) is 17.1. The van der Waals surface area contributed by atoms with Crippen molar-refractivity contribution < 1.29 is 31.9 Å². The van der Waals surface area contributed by atoms with Crippen LogP contribution in [0, 0.1) is 35.0 Å². The number of carbonyl (C=O) groups excluding carboxylic acids is 2. The van der Waals surface area contributed by atoms with E-state index in [0.717, 1.165) is 0 Å². The molecule has 0 aromatic rings. The van der Waals surface area contributed by atoms with Gasteiger partial charge in [-0.25, -0.2) is 15.2 Å². The first kappa shape index (κ1) is 25.7. The Morgan fingerprint density at radius 2 is 1.83 bits per heavy atom. The molecule has 2 heterocycles. The minimum absolute atomic E-state index is 0.0308. The van der Waals surface area contributed by atoms with E-state index in [0.29, 0.717) is 45.3 Å². The highest BCUT2D eigenvalue weighted by Gasteiger charge is 2.63.